The van der Waals surface area contributed by atoms with Crippen LogP contribution in [0.5, 0.6) is 5.75 Å². The number of carbonyl (C=O) groups is 1. The second kappa shape index (κ2) is 8.68. The SMILES string of the molecule is C[C@@H](Oc1cc(-c2cc3n(n2)CC[C@@]32CCN(C[C@@H]3CCC(=O)N3)C2)cnc1N)c1ccccc1. The first-order valence-electron chi connectivity index (χ1n) is 12.6. The monoisotopic (exact) mass is 472 g/mol. The number of hydrogen-bond acceptors (Lipinski definition) is 6. The molecule has 2 fully saturated rings. The molecule has 6 rings (SSSR count). The van der Waals surface area contributed by atoms with Gasteiger partial charge in [-0.1, -0.05) is 30.3 Å². The van der Waals surface area contributed by atoms with Crippen molar-refractivity contribution in [1.82, 2.24) is 25.0 Å². The minimum Gasteiger partial charge on any atom is -0.482 e. The van der Waals surface area contributed by atoms with Gasteiger partial charge in [0.25, 0.3) is 0 Å². The molecule has 3 aromatic rings. The number of carbonyl (C=O) groups excluding carboxylic acids is 1. The van der Waals surface area contributed by atoms with Gasteiger partial charge in [-0.05, 0) is 50.4 Å². The zero-order valence-corrected chi connectivity index (χ0v) is 20.1. The van der Waals surface area contributed by atoms with Gasteiger partial charge in [0.2, 0.25) is 5.91 Å². The van der Waals surface area contributed by atoms with Crippen molar-refractivity contribution in [2.24, 2.45) is 0 Å². The minimum absolute atomic E-state index is 0.135. The predicted molar refractivity (Wildman–Crippen MR) is 134 cm³/mol. The van der Waals surface area contributed by atoms with E-state index >= 15 is 0 Å². The number of benzene rings is 1. The van der Waals surface area contributed by atoms with Gasteiger partial charge < -0.3 is 20.7 Å². The number of anilines is 1. The second-order valence-corrected chi connectivity index (χ2v) is 10.2. The van der Waals surface area contributed by atoms with Crippen LogP contribution in [0, 0.1) is 0 Å². The van der Waals surface area contributed by atoms with E-state index in [0.717, 1.165) is 62.3 Å². The number of ether oxygens (including phenoxy) is 1. The van der Waals surface area contributed by atoms with Crippen molar-refractivity contribution in [1.29, 1.82) is 0 Å². The topological polar surface area (TPSA) is 98.3 Å². The fourth-order valence-electron chi connectivity index (χ4n) is 5.93. The van der Waals surface area contributed by atoms with E-state index in [1.807, 2.05) is 43.3 Å². The van der Waals surface area contributed by atoms with Gasteiger partial charge in [-0.15, -0.1) is 0 Å². The zero-order valence-electron chi connectivity index (χ0n) is 20.1. The number of likely N-dealkylation sites (tertiary alicyclic amines) is 1. The number of nitrogen functional groups attached to an aromatic ring is 1. The third-order valence-electron chi connectivity index (χ3n) is 7.87. The Morgan fingerprint density at radius 1 is 1.23 bits per heavy atom. The molecule has 0 aliphatic carbocycles. The lowest BCUT2D eigenvalue weighted by Crippen LogP contribution is -2.39. The van der Waals surface area contributed by atoms with Crippen molar-refractivity contribution in [3.8, 4) is 17.0 Å². The molecule has 0 radical (unpaired) electrons. The molecule has 3 N–H and O–H groups in total. The molecular weight excluding hydrogens is 440 g/mol. The molecule has 2 aromatic heterocycles. The Labute approximate surface area is 205 Å². The first kappa shape index (κ1) is 22.1. The molecule has 1 aromatic carbocycles. The molecule has 3 aliphatic heterocycles. The minimum atomic E-state index is -0.139. The molecule has 3 atom stereocenters. The van der Waals surface area contributed by atoms with E-state index in [1.165, 1.54) is 5.69 Å². The summed E-state index contributed by atoms with van der Waals surface area (Å²) in [6, 6.07) is 14.6. The number of pyridine rings is 1. The molecule has 1 spiro atoms. The zero-order chi connectivity index (χ0) is 24.0. The largest absolute Gasteiger partial charge is 0.482 e. The Balaban J connectivity index is 1.20. The molecule has 35 heavy (non-hydrogen) atoms. The number of aryl methyl sites for hydroxylation is 1. The van der Waals surface area contributed by atoms with Crippen LogP contribution in [0.4, 0.5) is 5.82 Å². The highest BCUT2D eigenvalue weighted by Crippen LogP contribution is 2.44. The highest BCUT2D eigenvalue weighted by molar-refractivity contribution is 5.78. The Hall–Kier alpha value is -3.39. The van der Waals surface area contributed by atoms with Gasteiger partial charge in [0.15, 0.2) is 11.6 Å². The van der Waals surface area contributed by atoms with Crippen molar-refractivity contribution < 1.29 is 9.53 Å². The summed E-state index contributed by atoms with van der Waals surface area (Å²) in [6.45, 7) is 5.97. The van der Waals surface area contributed by atoms with Crippen LogP contribution in [-0.4, -0.2) is 51.2 Å². The van der Waals surface area contributed by atoms with Gasteiger partial charge in [0.1, 0.15) is 6.10 Å². The fourth-order valence-corrected chi connectivity index (χ4v) is 5.93. The summed E-state index contributed by atoms with van der Waals surface area (Å²) in [5.74, 6) is 1.14. The third-order valence-corrected chi connectivity index (χ3v) is 7.87. The number of nitrogens with one attached hydrogen (secondary N) is 1. The number of rotatable bonds is 6. The predicted octanol–water partition coefficient (Wildman–Crippen LogP) is 3.29. The molecule has 0 saturated carbocycles. The van der Waals surface area contributed by atoms with E-state index in [-0.39, 0.29) is 23.5 Å². The highest BCUT2D eigenvalue weighted by atomic mass is 16.5. The van der Waals surface area contributed by atoms with Gasteiger partial charge in [0, 0.05) is 55.0 Å². The summed E-state index contributed by atoms with van der Waals surface area (Å²) >= 11 is 0. The van der Waals surface area contributed by atoms with Crippen molar-refractivity contribution in [3.63, 3.8) is 0 Å². The van der Waals surface area contributed by atoms with Gasteiger partial charge in [-0.25, -0.2) is 4.98 Å². The smallest absolute Gasteiger partial charge is 0.220 e. The molecule has 1 amide bonds. The van der Waals surface area contributed by atoms with Crippen LogP contribution in [0.3, 0.4) is 0 Å². The van der Waals surface area contributed by atoms with Crippen molar-refractivity contribution in [2.75, 3.05) is 25.4 Å². The molecular formula is C27H32N6O2. The molecule has 5 heterocycles. The van der Waals surface area contributed by atoms with Crippen LogP contribution in [0.1, 0.15) is 50.0 Å². The lowest BCUT2D eigenvalue weighted by atomic mass is 9.82. The Morgan fingerprint density at radius 2 is 2.06 bits per heavy atom. The second-order valence-electron chi connectivity index (χ2n) is 10.2. The average molecular weight is 473 g/mol. The van der Waals surface area contributed by atoms with Crippen LogP contribution < -0.4 is 15.8 Å². The third kappa shape index (κ3) is 4.16. The first-order chi connectivity index (χ1) is 17.0. The highest BCUT2D eigenvalue weighted by Gasteiger charge is 2.46. The summed E-state index contributed by atoms with van der Waals surface area (Å²) in [5.41, 5.74) is 10.5. The van der Waals surface area contributed by atoms with Crippen LogP contribution in [0.25, 0.3) is 11.3 Å². The maximum absolute atomic E-state index is 11.6. The number of nitrogens with zero attached hydrogens (tertiary/aromatic N) is 4. The Morgan fingerprint density at radius 3 is 2.86 bits per heavy atom. The van der Waals surface area contributed by atoms with E-state index in [2.05, 4.69) is 25.9 Å². The van der Waals surface area contributed by atoms with Gasteiger partial charge in [-0.2, -0.15) is 5.10 Å². The summed E-state index contributed by atoms with van der Waals surface area (Å²) in [7, 11) is 0. The summed E-state index contributed by atoms with van der Waals surface area (Å²) in [6.07, 6.45) is 5.49. The first-order valence-corrected chi connectivity index (χ1v) is 12.6. The van der Waals surface area contributed by atoms with E-state index in [0.29, 0.717) is 18.0 Å². The molecule has 182 valence electrons. The molecule has 8 heteroatoms. The summed E-state index contributed by atoms with van der Waals surface area (Å²) in [4.78, 5) is 18.5. The van der Waals surface area contributed by atoms with Crippen LogP contribution >= 0.6 is 0 Å². The lowest BCUT2D eigenvalue weighted by molar-refractivity contribution is -0.119. The molecule has 0 bridgehead atoms. The average Bonchev–Trinajstić information content (AvgIpc) is 3.63. The number of amides is 1. The van der Waals surface area contributed by atoms with Crippen molar-refractivity contribution >= 4 is 11.7 Å². The van der Waals surface area contributed by atoms with E-state index < -0.39 is 0 Å². The van der Waals surface area contributed by atoms with Gasteiger partial charge in [0.05, 0.1) is 5.69 Å². The van der Waals surface area contributed by atoms with Crippen LogP contribution in [0.15, 0.2) is 48.7 Å². The van der Waals surface area contributed by atoms with Gasteiger partial charge in [-0.3, -0.25) is 9.48 Å². The Bertz CT molecular complexity index is 1240. The Kier molecular flexibility index (Phi) is 5.48. The summed E-state index contributed by atoms with van der Waals surface area (Å²) in [5, 5.41) is 8.04. The number of aromatic nitrogens is 3. The fraction of sp³-hybridized carbons (Fsp3) is 0.444. The van der Waals surface area contributed by atoms with Crippen molar-refractivity contribution in [2.45, 2.75) is 56.7 Å². The number of hydrogen-bond donors (Lipinski definition) is 2. The normalized spacial score (nSPS) is 24.6. The molecule has 0 unspecified atom stereocenters. The van der Waals surface area contributed by atoms with Crippen molar-refractivity contribution in [3.05, 3.63) is 59.9 Å². The number of fused-ring (bicyclic) bond motifs is 2. The molecule has 3 aliphatic rings. The quantitative estimate of drug-likeness (QED) is 0.571. The van der Waals surface area contributed by atoms with Crippen LogP contribution in [-0.2, 0) is 16.8 Å². The van der Waals surface area contributed by atoms with Gasteiger partial charge >= 0.3 is 0 Å². The molecule has 8 nitrogen and oxygen atoms in total. The summed E-state index contributed by atoms with van der Waals surface area (Å²) < 4.78 is 8.36. The van der Waals surface area contributed by atoms with Crippen LogP contribution in [0.2, 0.25) is 0 Å². The maximum Gasteiger partial charge on any atom is 0.220 e. The van der Waals surface area contributed by atoms with E-state index in [4.69, 9.17) is 15.6 Å². The lowest BCUT2D eigenvalue weighted by Gasteiger charge is -2.25. The number of nitrogens with two attached hydrogens (primary N) is 1. The molecule has 2 saturated heterocycles. The standard InChI is InChI=1S/C27H32N6O2/c1-18(19-5-3-2-4-6-19)35-23-13-20(15-29-26(23)28)22-14-24-27(10-12-33(24)31-22)9-11-32(17-27)16-21-7-8-25(34)30-21/h2-6,13-15,18,21H,7-12,16-17H2,1H3,(H2,28,29)(H,30,34)/t18-,21+,27-/m1/s1. The van der Waals surface area contributed by atoms with E-state index in [1.54, 1.807) is 6.20 Å². The maximum atomic E-state index is 11.6. The van der Waals surface area contributed by atoms with E-state index in [9.17, 15) is 4.79 Å².